The first-order valence-corrected chi connectivity index (χ1v) is 5.62. The second-order valence-electron chi connectivity index (χ2n) is 3.76. The molecule has 0 atom stereocenters. The predicted octanol–water partition coefficient (Wildman–Crippen LogP) is 3.31. The Hall–Kier alpha value is -1.97. The standard InChI is InChI=1S/C13H14FN3/c1-2-5-10-6-3-4-7-11(10)17-13-8-12(14)15-9-16-13/h3-4,6-9H,2,5H2,1H3,(H,15,16,17). The van der Waals surface area contributed by atoms with Gasteiger partial charge in [0.25, 0.3) is 0 Å². The van der Waals surface area contributed by atoms with E-state index in [9.17, 15) is 4.39 Å². The minimum absolute atomic E-state index is 0.473. The number of anilines is 2. The number of para-hydroxylation sites is 1. The zero-order valence-corrected chi connectivity index (χ0v) is 9.65. The fourth-order valence-electron chi connectivity index (χ4n) is 1.67. The SMILES string of the molecule is CCCc1ccccc1Nc1cc(F)ncn1. The number of aryl methyl sites for hydroxylation is 1. The average Bonchev–Trinajstić information content (AvgIpc) is 2.32. The van der Waals surface area contributed by atoms with Crippen molar-refractivity contribution >= 4 is 11.5 Å². The van der Waals surface area contributed by atoms with Crippen LogP contribution >= 0.6 is 0 Å². The molecule has 0 saturated heterocycles. The average molecular weight is 231 g/mol. The topological polar surface area (TPSA) is 37.8 Å². The molecule has 1 aromatic heterocycles. The summed E-state index contributed by atoms with van der Waals surface area (Å²) in [5.74, 6) is -0.0588. The molecule has 88 valence electrons. The normalized spacial score (nSPS) is 10.2. The van der Waals surface area contributed by atoms with Crippen LogP contribution in [0.2, 0.25) is 0 Å². The molecule has 17 heavy (non-hydrogen) atoms. The first kappa shape index (κ1) is 11.5. The van der Waals surface area contributed by atoms with Gasteiger partial charge in [0.15, 0.2) is 0 Å². The summed E-state index contributed by atoms with van der Waals surface area (Å²) >= 11 is 0. The van der Waals surface area contributed by atoms with Crippen LogP contribution in [0.4, 0.5) is 15.9 Å². The van der Waals surface area contributed by atoms with Crippen LogP contribution in [-0.2, 0) is 6.42 Å². The van der Waals surface area contributed by atoms with E-state index in [2.05, 4.69) is 28.3 Å². The second-order valence-corrected chi connectivity index (χ2v) is 3.76. The van der Waals surface area contributed by atoms with Crippen LogP contribution in [0, 0.1) is 5.95 Å². The number of benzene rings is 1. The molecule has 4 heteroatoms. The molecule has 0 aliphatic carbocycles. The lowest BCUT2D eigenvalue weighted by atomic mass is 10.1. The molecule has 2 aromatic rings. The quantitative estimate of drug-likeness (QED) is 0.820. The van der Waals surface area contributed by atoms with Crippen LogP contribution in [0.15, 0.2) is 36.7 Å². The van der Waals surface area contributed by atoms with Gasteiger partial charge in [-0.05, 0) is 18.1 Å². The van der Waals surface area contributed by atoms with E-state index in [0.29, 0.717) is 5.82 Å². The van der Waals surface area contributed by atoms with E-state index in [-0.39, 0.29) is 0 Å². The molecule has 0 radical (unpaired) electrons. The fraction of sp³-hybridized carbons (Fsp3) is 0.231. The summed E-state index contributed by atoms with van der Waals surface area (Å²) in [5, 5.41) is 3.11. The zero-order chi connectivity index (χ0) is 12.1. The molecular weight excluding hydrogens is 217 g/mol. The third-order valence-corrected chi connectivity index (χ3v) is 2.43. The number of aromatic nitrogens is 2. The second kappa shape index (κ2) is 5.39. The highest BCUT2D eigenvalue weighted by Gasteiger charge is 2.03. The molecule has 1 N–H and O–H groups in total. The van der Waals surface area contributed by atoms with E-state index >= 15 is 0 Å². The van der Waals surface area contributed by atoms with Gasteiger partial charge in [-0.15, -0.1) is 0 Å². The van der Waals surface area contributed by atoms with E-state index in [4.69, 9.17) is 0 Å². The molecule has 0 spiro atoms. The van der Waals surface area contributed by atoms with Gasteiger partial charge in [0.1, 0.15) is 12.1 Å². The first-order chi connectivity index (χ1) is 8.29. The lowest BCUT2D eigenvalue weighted by molar-refractivity contribution is 0.580. The highest BCUT2D eigenvalue weighted by Crippen LogP contribution is 2.20. The summed E-state index contributed by atoms with van der Waals surface area (Å²) in [6.45, 7) is 2.13. The molecule has 0 amide bonds. The maximum atomic E-state index is 12.9. The van der Waals surface area contributed by atoms with Gasteiger partial charge in [0.05, 0.1) is 0 Å². The van der Waals surface area contributed by atoms with E-state index in [1.54, 1.807) is 0 Å². The monoisotopic (exact) mass is 231 g/mol. The fourth-order valence-corrected chi connectivity index (χ4v) is 1.67. The lowest BCUT2D eigenvalue weighted by Crippen LogP contribution is -1.99. The maximum absolute atomic E-state index is 12.9. The molecule has 2 rings (SSSR count). The van der Waals surface area contributed by atoms with Crippen LogP contribution in [0.3, 0.4) is 0 Å². The third kappa shape index (κ3) is 3.00. The third-order valence-electron chi connectivity index (χ3n) is 2.43. The summed E-state index contributed by atoms with van der Waals surface area (Å²) in [6, 6.07) is 9.24. The molecule has 0 bridgehead atoms. The zero-order valence-electron chi connectivity index (χ0n) is 9.65. The number of hydrogen-bond donors (Lipinski definition) is 1. The Morgan fingerprint density at radius 2 is 2.06 bits per heavy atom. The maximum Gasteiger partial charge on any atom is 0.218 e. The highest BCUT2D eigenvalue weighted by molar-refractivity contribution is 5.60. The van der Waals surface area contributed by atoms with Crippen LogP contribution in [-0.4, -0.2) is 9.97 Å². The summed E-state index contributed by atoms with van der Waals surface area (Å²) < 4.78 is 12.9. The molecular formula is C13H14FN3. The van der Waals surface area contributed by atoms with Crippen LogP contribution < -0.4 is 5.32 Å². The number of nitrogens with zero attached hydrogens (tertiary/aromatic N) is 2. The minimum Gasteiger partial charge on any atom is -0.340 e. The Kier molecular flexibility index (Phi) is 3.65. The Morgan fingerprint density at radius 1 is 1.24 bits per heavy atom. The Balaban J connectivity index is 2.23. The minimum atomic E-state index is -0.532. The first-order valence-electron chi connectivity index (χ1n) is 5.62. The van der Waals surface area contributed by atoms with Gasteiger partial charge in [-0.1, -0.05) is 31.5 Å². The number of halogens is 1. The Labute approximate surface area is 99.7 Å². The van der Waals surface area contributed by atoms with Gasteiger partial charge in [-0.25, -0.2) is 9.97 Å². The predicted molar refractivity (Wildman–Crippen MR) is 65.7 cm³/mol. The lowest BCUT2D eigenvalue weighted by Gasteiger charge is -2.10. The molecule has 0 unspecified atom stereocenters. The van der Waals surface area contributed by atoms with E-state index < -0.39 is 5.95 Å². The summed E-state index contributed by atoms with van der Waals surface area (Å²) in [6.07, 6.45) is 3.26. The Bertz CT molecular complexity index is 500. The van der Waals surface area contributed by atoms with Crippen molar-refractivity contribution in [1.29, 1.82) is 0 Å². The molecule has 0 saturated carbocycles. The Morgan fingerprint density at radius 3 is 2.82 bits per heavy atom. The van der Waals surface area contributed by atoms with Crippen molar-refractivity contribution < 1.29 is 4.39 Å². The van der Waals surface area contributed by atoms with Gasteiger partial charge >= 0.3 is 0 Å². The number of rotatable bonds is 4. The summed E-state index contributed by atoms with van der Waals surface area (Å²) in [4.78, 5) is 7.40. The summed E-state index contributed by atoms with van der Waals surface area (Å²) in [7, 11) is 0. The van der Waals surface area contributed by atoms with Crippen molar-refractivity contribution in [3.63, 3.8) is 0 Å². The molecule has 1 aromatic carbocycles. The highest BCUT2D eigenvalue weighted by atomic mass is 19.1. The van der Waals surface area contributed by atoms with Gasteiger partial charge in [-0.3, -0.25) is 0 Å². The molecule has 0 aliphatic heterocycles. The smallest absolute Gasteiger partial charge is 0.218 e. The van der Waals surface area contributed by atoms with Gasteiger partial charge in [0.2, 0.25) is 5.95 Å². The molecule has 3 nitrogen and oxygen atoms in total. The number of nitrogens with one attached hydrogen (secondary N) is 1. The van der Waals surface area contributed by atoms with Crippen molar-refractivity contribution in [2.24, 2.45) is 0 Å². The van der Waals surface area contributed by atoms with Gasteiger partial charge in [-0.2, -0.15) is 4.39 Å². The van der Waals surface area contributed by atoms with E-state index in [0.717, 1.165) is 18.5 Å². The number of hydrogen-bond acceptors (Lipinski definition) is 3. The van der Waals surface area contributed by atoms with Crippen molar-refractivity contribution in [3.05, 3.63) is 48.2 Å². The van der Waals surface area contributed by atoms with Crippen LogP contribution in [0.1, 0.15) is 18.9 Å². The molecule has 0 fully saturated rings. The van der Waals surface area contributed by atoms with Crippen molar-refractivity contribution in [2.45, 2.75) is 19.8 Å². The van der Waals surface area contributed by atoms with Crippen LogP contribution in [0.25, 0.3) is 0 Å². The van der Waals surface area contributed by atoms with Gasteiger partial charge in [0, 0.05) is 11.8 Å². The summed E-state index contributed by atoms with van der Waals surface area (Å²) in [5.41, 5.74) is 2.17. The van der Waals surface area contributed by atoms with Crippen LogP contribution in [0.5, 0.6) is 0 Å². The molecule has 1 heterocycles. The van der Waals surface area contributed by atoms with E-state index in [1.165, 1.54) is 18.0 Å². The van der Waals surface area contributed by atoms with Gasteiger partial charge < -0.3 is 5.32 Å². The van der Waals surface area contributed by atoms with Crippen molar-refractivity contribution in [3.8, 4) is 0 Å². The van der Waals surface area contributed by atoms with Crippen molar-refractivity contribution in [1.82, 2.24) is 9.97 Å². The largest absolute Gasteiger partial charge is 0.340 e. The van der Waals surface area contributed by atoms with Crippen molar-refractivity contribution in [2.75, 3.05) is 5.32 Å². The molecule has 0 aliphatic rings. The van der Waals surface area contributed by atoms with E-state index in [1.807, 2.05) is 18.2 Å².